The number of carbonyl (C=O) groups is 1. The number of hydrogen-bond acceptors (Lipinski definition) is 2. The van der Waals surface area contributed by atoms with Crippen LogP contribution in [0.2, 0.25) is 0 Å². The third kappa shape index (κ3) is 2.76. The van der Waals surface area contributed by atoms with Gasteiger partial charge in [0.05, 0.1) is 5.56 Å². The molecule has 0 N–H and O–H groups in total. The lowest BCUT2D eigenvalue weighted by Crippen LogP contribution is -1.93. The summed E-state index contributed by atoms with van der Waals surface area (Å²) in [6.45, 7) is 1.84. The quantitative estimate of drug-likeness (QED) is 0.780. The number of ether oxygens (including phenoxy) is 1. The van der Waals surface area contributed by atoms with Gasteiger partial charge in [-0.2, -0.15) is 0 Å². The van der Waals surface area contributed by atoms with Crippen molar-refractivity contribution in [3.63, 3.8) is 0 Å². The third-order valence-corrected chi connectivity index (χ3v) is 2.90. The molecule has 0 aromatic heterocycles. The Hall–Kier alpha value is -1.68. The summed E-state index contributed by atoms with van der Waals surface area (Å²) in [4.78, 5) is 10.9. The van der Waals surface area contributed by atoms with Crippen molar-refractivity contribution in [1.29, 1.82) is 0 Å². The van der Waals surface area contributed by atoms with E-state index in [0.717, 1.165) is 10.0 Å². The van der Waals surface area contributed by atoms with E-state index in [0.29, 0.717) is 17.6 Å². The molecule has 0 atom stereocenters. The molecule has 2 rings (SSSR count). The first-order valence-electron chi connectivity index (χ1n) is 5.29. The highest BCUT2D eigenvalue weighted by molar-refractivity contribution is 9.10. The van der Waals surface area contributed by atoms with Crippen LogP contribution in [0.3, 0.4) is 0 Å². The molecule has 0 unspecified atom stereocenters. The summed E-state index contributed by atoms with van der Waals surface area (Å²) in [5.74, 6) is -0.0153. The van der Waals surface area contributed by atoms with Crippen molar-refractivity contribution in [2.75, 3.05) is 0 Å². The molecule has 0 aliphatic rings. The van der Waals surface area contributed by atoms with Gasteiger partial charge >= 0.3 is 0 Å². The van der Waals surface area contributed by atoms with Crippen LogP contribution in [0.15, 0.2) is 40.9 Å². The number of halogens is 2. The lowest BCUT2D eigenvalue weighted by molar-refractivity contribution is 0.112. The molecule has 0 aliphatic carbocycles. The highest BCUT2D eigenvalue weighted by Gasteiger charge is 2.09. The van der Waals surface area contributed by atoms with Crippen LogP contribution < -0.4 is 4.74 Å². The van der Waals surface area contributed by atoms with E-state index in [4.69, 9.17) is 4.74 Å². The summed E-state index contributed by atoms with van der Waals surface area (Å²) in [6, 6.07) is 9.56. The van der Waals surface area contributed by atoms with Gasteiger partial charge in [-0.15, -0.1) is 0 Å². The van der Waals surface area contributed by atoms with Crippen LogP contribution in [-0.4, -0.2) is 6.29 Å². The molecule has 0 saturated carbocycles. The van der Waals surface area contributed by atoms with Crippen molar-refractivity contribution < 1.29 is 13.9 Å². The maximum Gasteiger partial charge on any atom is 0.165 e. The second kappa shape index (κ2) is 5.31. The number of carbonyl (C=O) groups excluding carboxylic acids is 1. The van der Waals surface area contributed by atoms with Gasteiger partial charge in [-0.25, -0.2) is 4.39 Å². The Kier molecular flexibility index (Phi) is 3.77. The Bertz CT molecular complexity index is 596. The van der Waals surface area contributed by atoms with Crippen LogP contribution in [0.5, 0.6) is 11.5 Å². The second-order valence-electron chi connectivity index (χ2n) is 3.84. The predicted molar refractivity (Wildman–Crippen MR) is 70.7 cm³/mol. The molecule has 2 aromatic rings. The lowest BCUT2D eigenvalue weighted by atomic mass is 10.2. The van der Waals surface area contributed by atoms with Crippen LogP contribution in [0.4, 0.5) is 4.39 Å². The molecule has 2 aromatic carbocycles. The molecule has 0 spiro atoms. The molecule has 2 nitrogen and oxygen atoms in total. The van der Waals surface area contributed by atoms with E-state index >= 15 is 0 Å². The van der Waals surface area contributed by atoms with Crippen molar-refractivity contribution in [3.05, 3.63) is 57.8 Å². The molecule has 0 radical (unpaired) electrons. The van der Waals surface area contributed by atoms with E-state index in [1.807, 2.05) is 6.92 Å². The fraction of sp³-hybridized carbons (Fsp3) is 0.0714. The molecule has 0 aliphatic heterocycles. The Labute approximate surface area is 113 Å². The number of rotatable bonds is 3. The monoisotopic (exact) mass is 308 g/mol. The average molecular weight is 309 g/mol. The Morgan fingerprint density at radius 3 is 2.67 bits per heavy atom. The van der Waals surface area contributed by atoms with Gasteiger partial charge in [0.2, 0.25) is 0 Å². The van der Waals surface area contributed by atoms with Crippen molar-refractivity contribution in [1.82, 2.24) is 0 Å². The van der Waals surface area contributed by atoms with E-state index in [1.165, 1.54) is 6.07 Å². The van der Waals surface area contributed by atoms with Gasteiger partial charge in [0, 0.05) is 4.47 Å². The van der Waals surface area contributed by atoms with Crippen LogP contribution >= 0.6 is 15.9 Å². The number of aryl methyl sites for hydroxylation is 1. The minimum Gasteiger partial charge on any atom is -0.454 e. The fourth-order valence-electron chi connectivity index (χ4n) is 1.51. The molecule has 18 heavy (non-hydrogen) atoms. The summed E-state index contributed by atoms with van der Waals surface area (Å²) in [6.07, 6.45) is 0.674. The summed E-state index contributed by atoms with van der Waals surface area (Å²) in [5, 5.41) is 0. The maximum atomic E-state index is 13.5. The van der Waals surface area contributed by atoms with Gasteiger partial charge in [0.15, 0.2) is 17.9 Å². The van der Waals surface area contributed by atoms with Crippen LogP contribution in [-0.2, 0) is 0 Å². The number of hydrogen-bond donors (Lipinski definition) is 0. The summed E-state index contributed by atoms with van der Waals surface area (Å²) in [5.41, 5.74) is 1.25. The molecule has 0 bridgehead atoms. The number of benzene rings is 2. The van der Waals surface area contributed by atoms with E-state index in [1.54, 1.807) is 30.3 Å². The van der Waals surface area contributed by atoms with E-state index in [9.17, 15) is 9.18 Å². The molecule has 0 fully saturated rings. The van der Waals surface area contributed by atoms with Crippen LogP contribution in [0.1, 0.15) is 15.9 Å². The van der Waals surface area contributed by atoms with Gasteiger partial charge in [-0.1, -0.05) is 22.0 Å². The van der Waals surface area contributed by atoms with Crippen molar-refractivity contribution in [3.8, 4) is 11.5 Å². The maximum absolute atomic E-state index is 13.5. The van der Waals surface area contributed by atoms with Gasteiger partial charge in [0.25, 0.3) is 0 Å². The van der Waals surface area contributed by atoms with Gasteiger partial charge in [0.1, 0.15) is 5.75 Å². The minimum absolute atomic E-state index is 0.112. The molecular weight excluding hydrogens is 299 g/mol. The standard InChI is InChI=1S/C14H10BrFO2/c1-9-2-4-12(16)14(6-9)18-13-5-3-11(15)7-10(13)8-17/h2-8H,1H3. The molecule has 0 heterocycles. The molecule has 4 heteroatoms. The highest BCUT2D eigenvalue weighted by Crippen LogP contribution is 2.29. The SMILES string of the molecule is Cc1ccc(F)c(Oc2ccc(Br)cc2C=O)c1. The van der Waals surface area contributed by atoms with Crippen molar-refractivity contribution in [2.24, 2.45) is 0 Å². The average Bonchev–Trinajstić information content (AvgIpc) is 2.36. The van der Waals surface area contributed by atoms with Gasteiger partial charge < -0.3 is 4.74 Å². The Morgan fingerprint density at radius 1 is 1.17 bits per heavy atom. The molecule has 92 valence electrons. The minimum atomic E-state index is -0.458. The van der Waals surface area contributed by atoms with E-state index in [2.05, 4.69) is 15.9 Å². The Balaban J connectivity index is 2.39. The first-order chi connectivity index (χ1) is 8.60. The largest absolute Gasteiger partial charge is 0.454 e. The summed E-state index contributed by atoms with van der Waals surface area (Å²) >= 11 is 3.26. The zero-order valence-electron chi connectivity index (χ0n) is 9.61. The predicted octanol–water partition coefficient (Wildman–Crippen LogP) is 4.50. The normalized spacial score (nSPS) is 10.2. The number of aldehydes is 1. The Morgan fingerprint density at radius 2 is 1.94 bits per heavy atom. The van der Waals surface area contributed by atoms with E-state index in [-0.39, 0.29) is 5.75 Å². The first kappa shape index (κ1) is 12.8. The van der Waals surface area contributed by atoms with Gasteiger partial charge in [-0.05, 0) is 42.8 Å². The highest BCUT2D eigenvalue weighted by atomic mass is 79.9. The fourth-order valence-corrected chi connectivity index (χ4v) is 1.89. The van der Waals surface area contributed by atoms with Crippen LogP contribution in [0, 0.1) is 12.7 Å². The topological polar surface area (TPSA) is 26.3 Å². The van der Waals surface area contributed by atoms with Gasteiger partial charge in [-0.3, -0.25) is 4.79 Å². The smallest absolute Gasteiger partial charge is 0.165 e. The second-order valence-corrected chi connectivity index (χ2v) is 4.75. The molecule has 0 saturated heterocycles. The summed E-state index contributed by atoms with van der Waals surface area (Å²) in [7, 11) is 0. The van der Waals surface area contributed by atoms with E-state index < -0.39 is 5.82 Å². The zero-order chi connectivity index (χ0) is 13.1. The summed E-state index contributed by atoms with van der Waals surface area (Å²) < 4.78 is 19.8. The molecule has 0 amide bonds. The zero-order valence-corrected chi connectivity index (χ0v) is 11.2. The van der Waals surface area contributed by atoms with Crippen LogP contribution in [0.25, 0.3) is 0 Å². The van der Waals surface area contributed by atoms with Crippen molar-refractivity contribution in [2.45, 2.75) is 6.92 Å². The lowest BCUT2D eigenvalue weighted by Gasteiger charge is -2.09. The first-order valence-corrected chi connectivity index (χ1v) is 6.08. The molecular formula is C14H10BrFO2. The third-order valence-electron chi connectivity index (χ3n) is 2.41. The van der Waals surface area contributed by atoms with Crippen molar-refractivity contribution >= 4 is 22.2 Å².